The van der Waals surface area contributed by atoms with Gasteiger partial charge in [0.05, 0.1) is 23.3 Å². The molecule has 3 heterocycles. The zero-order chi connectivity index (χ0) is 24.2. The number of rotatable bonds is 3. The Kier molecular flexibility index (Phi) is 5.65. The van der Waals surface area contributed by atoms with Gasteiger partial charge in [0.15, 0.2) is 5.11 Å². The molecule has 0 unspecified atom stereocenters. The van der Waals surface area contributed by atoms with Gasteiger partial charge in [0.1, 0.15) is 0 Å². The molecule has 5 rings (SSSR count). The number of nitrogens with zero attached hydrogens (tertiary/aromatic N) is 3. The molecule has 2 atom stereocenters. The highest BCUT2D eigenvalue weighted by Crippen LogP contribution is 2.47. The topological polar surface area (TPSA) is 31.4 Å². The summed E-state index contributed by atoms with van der Waals surface area (Å²) < 4.78 is 0. The van der Waals surface area contributed by atoms with E-state index in [0.29, 0.717) is 5.11 Å². The van der Waals surface area contributed by atoms with Crippen molar-refractivity contribution in [3.63, 3.8) is 0 Å². The van der Waals surface area contributed by atoms with Crippen molar-refractivity contribution in [1.29, 1.82) is 0 Å². The Morgan fingerprint density at radius 2 is 1.79 bits per heavy atom. The number of likely N-dealkylation sites (N-methyl/N-ethyl adjacent to an activating group) is 1. The average molecular weight is 489 g/mol. The Morgan fingerprint density at radius 1 is 1.06 bits per heavy atom. The van der Waals surface area contributed by atoms with Crippen molar-refractivity contribution in [2.75, 3.05) is 16.8 Å². The van der Waals surface area contributed by atoms with Gasteiger partial charge in [-0.3, -0.25) is 4.98 Å². The van der Waals surface area contributed by atoms with Gasteiger partial charge in [0, 0.05) is 35.2 Å². The van der Waals surface area contributed by atoms with Crippen molar-refractivity contribution in [2.24, 2.45) is 0 Å². The molecule has 0 radical (unpaired) electrons. The number of hydrogen-bond donors (Lipinski definition) is 1. The van der Waals surface area contributed by atoms with Gasteiger partial charge in [-0.05, 0) is 87.4 Å². The standard InChI is InChI=1S/C28H29ClN4S/c1-17-9-11-19(12-10-17)33-26(25(31-27(33)34)23-8-6-7-13-30-23)21-14-20-18(2)16-28(3,4)32(5)24(20)15-22(21)29/h6-16,25-26H,1-5H3,(H,31,34)/t25-,26-/m1/s1. The molecule has 34 heavy (non-hydrogen) atoms. The highest BCUT2D eigenvalue weighted by molar-refractivity contribution is 7.80. The monoisotopic (exact) mass is 488 g/mol. The highest BCUT2D eigenvalue weighted by atomic mass is 35.5. The number of thiocarbonyl (C=S) groups is 1. The molecule has 0 bridgehead atoms. The van der Waals surface area contributed by atoms with E-state index in [-0.39, 0.29) is 17.6 Å². The summed E-state index contributed by atoms with van der Waals surface area (Å²) in [4.78, 5) is 9.13. The van der Waals surface area contributed by atoms with Crippen LogP contribution in [0.25, 0.3) is 5.57 Å². The van der Waals surface area contributed by atoms with E-state index in [2.05, 4.69) is 97.3 Å². The molecular weight excluding hydrogens is 460 g/mol. The Balaban J connectivity index is 1.70. The second-order valence-electron chi connectivity index (χ2n) is 9.76. The summed E-state index contributed by atoms with van der Waals surface area (Å²) in [5.74, 6) is 0. The van der Waals surface area contributed by atoms with Gasteiger partial charge in [-0.25, -0.2) is 0 Å². The van der Waals surface area contributed by atoms with Crippen LogP contribution in [0.1, 0.15) is 55.2 Å². The van der Waals surface area contributed by atoms with Crippen LogP contribution in [0.15, 0.2) is 66.9 Å². The smallest absolute Gasteiger partial charge is 0.174 e. The first-order valence-corrected chi connectivity index (χ1v) is 12.3. The Hall–Kier alpha value is -2.89. The quantitative estimate of drug-likeness (QED) is 0.407. The van der Waals surface area contributed by atoms with Gasteiger partial charge in [-0.2, -0.15) is 0 Å². The van der Waals surface area contributed by atoms with E-state index in [4.69, 9.17) is 23.8 Å². The number of fused-ring (bicyclic) bond motifs is 1. The first-order valence-electron chi connectivity index (χ1n) is 11.5. The molecule has 4 nitrogen and oxygen atoms in total. The molecule has 2 aromatic carbocycles. The molecular formula is C28H29ClN4S. The normalized spacial score (nSPS) is 21.2. The first-order chi connectivity index (χ1) is 16.2. The Labute approximate surface area is 212 Å². The molecule has 0 amide bonds. The van der Waals surface area contributed by atoms with Gasteiger partial charge in [-0.15, -0.1) is 0 Å². The summed E-state index contributed by atoms with van der Waals surface area (Å²) in [6, 6.07) is 18.5. The molecule has 6 heteroatoms. The van der Waals surface area contributed by atoms with Crippen molar-refractivity contribution in [2.45, 2.75) is 45.3 Å². The van der Waals surface area contributed by atoms with E-state index in [1.54, 1.807) is 0 Å². The zero-order valence-electron chi connectivity index (χ0n) is 20.1. The molecule has 1 N–H and O–H groups in total. The summed E-state index contributed by atoms with van der Waals surface area (Å²) in [7, 11) is 2.12. The predicted molar refractivity (Wildman–Crippen MR) is 147 cm³/mol. The fourth-order valence-electron chi connectivity index (χ4n) is 5.07. The van der Waals surface area contributed by atoms with Crippen molar-refractivity contribution in [3.8, 4) is 0 Å². The average Bonchev–Trinajstić information content (AvgIpc) is 3.15. The summed E-state index contributed by atoms with van der Waals surface area (Å²) in [6.07, 6.45) is 4.14. The lowest BCUT2D eigenvalue weighted by Gasteiger charge is -2.41. The van der Waals surface area contributed by atoms with Crippen molar-refractivity contribution in [3.05, 3.63) is 94.3 Å². The molecule has 174 valence electrons. The van der Waals surface area contributed by atoms with E-state index in [1.165, 1.54) is 16.7 Å². The van der Waals surface area contributed by atoms with E-state index in [0.717, 1.165) is 27.7 Å². The Bertz CT molecular complexity index is 1280. The first kappa shape index (κ1) is 22.9. The summed E-state index contributed by atoms with van der Waals surface area (Å²) in [5.41, 5.74) is 7.72. The minimum Gasteiger partial charge on any atom is -0.365 e. The third-order valence-electron chi connectivity index (χ3n) is 7.06. The lowest BCUT2D eigenvalue weighted by atomic mass is 9.86. The van der Waals surface area contributed by atoms with Crippen molar-refractivity contribution < 1.29 is 0 Å². The van der Waals surface area contributed by atoms with Gasteiger partial charge in [0.25, 0.3) is 0 Å². The van der Waals surface area contributed by atoms with Crippen LogP contribution in [0, 0.1) is 6.92 Å². The number of anilines is 2. The molecule has 0 spiro atoms. The van der Waals surface area contributed by atoms with Crippen LogP contribution in [-0.2, 0) is 0 Å². The van der Waals surface area contributed by atoms with Crippen molar-refractivity contribution >= 4 is 45.9 Å². The van der Waals surface area contributed by atoms with Crippen LogP contribution in [0.2, 0.25) is 5.02 Å². The maximum absolute atomic E-state index is 7.06. The number of aromatic nitrogens is 1. The summed E-state index contributed by atoms with van der Waals surface area (Å²) in [5, 5.41) is 4.93. The van der Waals surface area contributed by atoms with Crippen LogP contribution in [0.4, 0.5) is 11.4 Å². The lowest BCUT2D eigenvalue weighted by Crippen LogP contribution is -2.42. The summed E-state index contributed by atoms with van der Waals surface area (Å²) >= 11 is 12.9. The number of hydrogen-bond acceptors (Lipinski definition) is 3. The third-order valence-corrected chi connectivity index (χ3v) is 7.71. The van der Waals surface area contributed by atoms with Crippen LogP contribution < -0.4 is 15.1 Å². The molecule has 2 aliphatic heterocycles. The van der Waals surface area contributed by atoms with Gasteiger partial charge < -0.3 is 15.1 Å². The summed E-state index contributed by atoms with van der Waals surface area (Å²) in [6.45, 7) is 8.70. The van der Waals surface area contributed by atoms with Gasteiger partial charge in [-0.1, -0.05) is 41.4 Å². The fraction of sp³-hybridized carbons (Fsp3) is 0.286. The molecule has 0 aliphatic carbocycles. The van der Waals surface area contributed by atoms with Crippen LogP contribution in [0.3, 0.4) is 0 Å². The Morgan fingerprint density at radius 3 is 2.47 bits per heavy atom. The van der Waals surface area contributed by atoms with E-state index < -0.39 is 0 Å². The molecule has 0 saturated carbocycles. The van der Waals surface area contributed by atoms with Crippen LogP contribution in [-0.4, -0.2) is 22.7 Å². The number of pyridine rings is 1. The lowest BCUT2D eigenvalue weighted by molar-refractivity contribution is 0.567. The minimum absolute atomic E-state index is 0.0805. The third kappa shape index (κ3) is 3.77. The predicted octanol–water partition coefficient (Wildman–Crippen LogP) is 6.85. The van der Waals surface area contributed by atoms with Crippen LogP contribution >= 0.6 is 23.8 Å². The maximum atomic E-state index is 7.06. The second kappa shape index (κ2) is 8.40. The van der Waals surface area contributed by atoms with E-state index >= 15 is 0 Å². The largest absolute Gasteiger partial charge is 0.365 e. The fourth-order valence-corrected chi connectivity index (χ4v) is 5.68. The second-order valence-corrected chi connectivity index (χ2v) is 10.6. The number of allylic oxidation sites excluding steroid dienone is 1. The number of benzene rings is 2. The highest BCUT2D eigenvalue weighted by Gasteiger charge is 2.42. The number of nitrogens with one attached hydrogen (secondary N) is 1. The molecule has 2 aliphatic rings. The van der Waals surface area contributed by atoms with E-state index in [9.17, 15) is 0 Å². The number of aryl methyl sites for hydroxylation is 1. The van der Waals surface area contributed by atoms with Gasteiger partial charge in [0.2, 0.25) is 0 Å². The van der Waals surface area contributed by atoms with Crippen LogP contribution in [0.5, 0.6) is 0 Å². The molecule has 1 aromatic heterocycles. The maximum Gasteiger partial charge on any atom is 0.174 e. The number of halogens is 1. The molecule has 1 saturated heterocycles. The van der Waals surface area contributed by atoms with Crippen molar-refractivity contribution in [1.82, 2.24) is 10.3 Å². The molecule has 1 fully saturated rings. The molecule has 3 aromatic rings. The van der Waals surface area contributed by atoms with E-state index in [1.807, 2.05) is 24.4 Å². The minimum atomic E-state index is -0.143. The van der Waals surface area contributed by atoms with Gasteiger partial charge >= 0.3 is 0 Å². The SMILES string of the molecule is CC1=CC(C)(C)N(C)c2cc(Cl)c([C@@H]3[C@@H](c4ccccn4)NC(=S)N3c3ccc(C)cc3)cc21. The zero-order valence-corrected chi connectivity index (χ0v) is 21.7.